The summed E-state index contributed by atoms with van der Waals surface area (Å²) >= 11 is 1.55. The Labute approximate surface area is 138 Å². The van der Waals surface area contributed by atoms with Crippen molar-refractivity contribution in [2.24, 2.45) is 0 Å². The van der Waals surface area contributed by atoms with Crippen molar-refractivity contribution in [3.05, 3.63) is 52.5 Å². The van der Waals surface area contributed by atoms with Crippen molar-refractivity contribution >= 4 is 23.3 Å². The third-order valence-corrected chi connectivity index (χ3v) is 4.48. The number of rotatable bonds is 6. The average Bonchev–Trinajstić information content (AvgIpc) is 3.20. The lowest BCUT2D eigenvalue weighted by Crippen LogP contribution is -2.45. The summed E-state index contributed by atoms with van der Waals surface area (Å²) in [6.07, 6.45) is 3.75. The van der Waals surface area contributed by atoms with Crippen LogP contribution in [0.1, 0.15) is 10.4 Å². The molecule has 6 nitrogen and oxygen atoms in total. The molecule has 2 aromatic heterocycles. The van der Waals surface area contributed by atoms with E-state index in [1.165, 1.54) is 4.90 Å². The molecule has 1 aliphatic heterocycles. The minimum Gasteiger partial charge on any atom is -0.447 e. The maximum Gasteiger partial charge on any atom is 0.410 e. The van der Waals surface area contributed by atoms with Crippen molar-refractivity contribution in [1.82, 2.24) is 15.2 Å². The van der Waals surface area contributed by atoms with Crippen molar-refractivity contribution in [3.63, 3.8) is 0 Å². The summed E-state index contributed by atoms with van der Waals surface area (Å²) in [5.41, 5.74) is 1.06. The van der Waals surface area contributed by atoms with E-state index in [1.54, 1.807) is 23.7 Å². The molecule has 2 aromatic rings. The Hall–Kier alpha value is -2.41. The Morgan fingerprint density at radius 2 is 2.35 bits per heavy atom. The highest BCUT2D eigenvalue weighted by Crippen LogP contribution is 2.19. The van der Waals surface area contributed by atoms with Gasteiger partial charge in [-0.05, 0) is 29.5 Å². The topological polar surface area (TPSA) is 71.5 Å². The van der Waals surface area contributed by atoms with Crippen LogP contribution in [0.25, 0.3) is 0 Å². The van der Waals surface area contributed by atoms with E-state index in [0.29, 0.717) is 19.5 Å². The molecule has 0 aliphatic carbocycles. The second kappa shape index (κ2) is 7.23. The second-order valence-electron chi connectivity index (χ2n) is 5.20. The monoisotopic (exact) mass is 331 g/mol. The van der Waals surface area contributed by atoms with Crippen molar-refractivity contribution in [1.29, 1.82) is 0 Å². The van der Waals surface area contributed by atoms with Crippen LogP contribution in [0.15, 0.2) is 42.0 Å². The van der Waals surface area contributed by atoms with Gasteiger partial charge >= 0.3 is 6.09 Å². The first-order valence-electron chi connectivity index (χ1n) is 7.36. The molecular formula is C16H17N3O3S. The summed E-state index contributed by atoms with van der Waals surface area (Å²) in [6, 6.07) is 7.12. The van der Waals surface area contributed by atoms with E-state index in [4.69, 9.17) is 4.74 Å². The number of amides is 2. The van der Waals surface area contributed by atoms with E-state index in [-0.39, 0.29) is 12.5 Å². The number of pyridine rings is 1. The highest BCUT2D eigenvalue weighted by Gasteiger charge is 2.37. The smallest absolute Gasteiger partial charge is 0.410 e. The Kier molecular flexibility index (Phi) is 4.87. The molecule has 1 fully saturated rings. The lowest BCUT2D eigenvalue weighted by Gasteiger charge is -2.20. The van der Waals surface area contributed by atoms with E-state index in [1.807, 2.05) is 29.6 Å². The van der Waals surface area contributed by atoms with Crippen molar-refractivity contribution in [2.75, 3.05) is 13.2 Å². The van der Waals surface area contributed by atoms with E-state index in [9.17, 15) is 9.59 Å². The number of hydrogen-bond acceptors (Lipinski definition) is 5. The minimum absolute atomic E-state index is 0.100. The van der Waals surface area contributed by atoms with Gasteiger partial charge < -0.3 is 10.1 Å². The molecule has 3 rings (SSSR count). The summed E-state index contributed by atoms with van der Waals surface area (Å²) in [6.45, 7) is 1.00. The fourth-order valence-corrected chi connectivity index (χ4v) is 3.11. The fraction of sp³-hybridized carbons (Fsp3) is 0.312. The number of thiophene rings is 1. The summed E-state index contributed by atoms with van der Waals surface area (Å²) < 4.78 is 5.03. The zero-order valence-electron chi connectivity index (χ0n) is 12.5. The number of aromatic nitrogens is 1. The van der Waals surface area contributed by atoms with Crippen molar-refractivity contribution < 1.29 is 14.3 Å². The van der Waals surface area contributed by atoms with Crippen LogP contribution < -0.4 is 5.32 Å². The second-order valence-corrected chi connectivity index (χ2v) is 6.23. The predicted molar refractivity (Wildman–Crippen MR) is 85.9 cm³/mol. The fourth-order valence-electron chi connectivity index (χ4n) is 2.41. The van der Waals surface area contributed by atoms with Gasteiger partial charge in [0.25, 0.3) is 0 Å². The molecule has 1 atom stereocenters. The van der Waals surface area contributed by atoms with Gasteiger partial charge in [-0.15, -0.1) is 11.3 Å². The van der Waals surface area contributed by atoms with E-state index < -0.39 is 12.1 Å². The van der Waals surface area contributed by atoms with Crippen LogP contribution >= 0.6 is 11.3 Å². The van der Waals surface area contributed by atoms with Gasteiger partial charge in [0, 0.05) is 23.8 Å². The number of hydrogen-bond donors (Lipinski definition) is 1. The zero-order valence-corrected chi connectivity index (χ0v) is 13.3. The van der Waals surface area contributed by atoms with Gasteiger partial charge in [0.15, 0.2) is 0 Å². The number of carbonyl (C=O) groups excluding carboxylic acids is 2. The molecule has 2 amide bonds. The minimum atomic E-state index is -0.571. The molecule has 0 bridgehead atoms. The normalized spacial score (nSPS) is 17.1. The van der Waals surface area contributed by atoms with Crippen LogP contribution in [0.2, 0.25) is 0 Å². The van der Waals surface area contributed by atoms with Crippen LogP contribution in [0.3, 0.4) is 0 Å². The van der Waals surface area contributed by atoms with Gasteiger partial charge in [0.2, 0.25) is 5.91 Å². The highest BCUT2D eigenvalue weighted by atomic mass is 32.1. The van der Waals surface area contributed by atoms with E-state index >= 15 is 0 Å². The molecular weight excluding hydrogens is 314 g/mol. The van der Waals surface area contributed by atoms with Crippen LogP contribution in [-0.2, 0) is 22.5 Å². The van der Waals surface area contributed by atoms with Gasteiger partial charge in [-0.1, -0.05) is 12.1 Å². The first-order valence-corrected chi connectivity index (χ1v) is 8.24. The van der Waals surface area contributed by atoms with Gasteiger partial charge in [0.1, 0.15) is 12.6 Å². The Bertz CT molecular complexity index is 660. The largest absolute Gasteiger partial charge is 0.447 e. The van der Waals surface area contributed by atoms with Gasteiger partial charge in [0.05, 0.1) is 6.54 Å². The lowest BCUT2D eigenvalue weighted by atomic mass is 10.2. The molecule has 0 aromatic carbocycles. The van der Waals surface area contributed by atoms with Crippen molar-refractivity contribution in [3.8, 4) is 0 Å². The van der Waals surface area contributed by atoms with Gasteiger partial charge in [-0.2, -0.15) is 0 Å². The molecule has 3 heterocycles. The summed E-state index contributed by atoms with van der Waals surface area (Å²) in [5, 5.41) is 4.81. The molecule has 0 spiro atoms. The number of cyclic esters (lactones) is 1. The zero-order chi connectivity index (χ0) is 16.1. The Balaban J connectivity index is 1.54. The summed E-state index contributed by atoms with van der Waals surface area (Å²) in [5.74, 6) is -0.184. The SMILES string of the molecule is O=C(NCCc1cccnc1)[C@@H]1COC(=O)N1Cc1cccs1. The predicted octanol–water partition coefficient (Wildman–Crippen LogP) is 1.82. The maximum absolute atomic E-state index is 12.3. The molecule has 1 N–H and O–H groups in total. The van der Waals surface area contributed by atoms with Gasteiger partial charge in [-0.3, -0.25) is 14.7 Å². The van der Waals surface area contributed by atoms with Crippen LogP contribution in [0.5, 0.6) is 0 Å². The first-order chi connectivity index (χ1) is 11.2. The first kappa shape index (κ1) is 15.5. The van der Waals surface area contributed by atoms with E-state index in [0.717, 1.165) is 10.4 Å². The Morgan fingerprint density at radius 1 is 1.43 bits per heavy atom. The third kappa shape index (κ3) is 3.87. The molecule has 0 radical (unpaired) electrons. The van der Waals surface area contributed by atoms with Crippen molar-refractivity contribution in [2.45, 2.75) is 19.0 Å². The molecule has 0 saturated carbocycles. The highest BCUT2D eigenvalue weighted by molar-refractivity contribution is 7.09. The molecule has 120 valence electrons. The molecule has 1 saturated heterocycles. The number of nitrogens with zero attached hydrogens (tertiary/aromatic N) is 2. The lowest BCUT2D eigenvalue weighted by molar-refractivity contribution is -0.124. The Morgan fingerprint density at radius 3 is 3.09 bits per heavy atom. The average molecular weight is 331 g/mol. The molecule has 1 aliphatic rings. The van der Waals surface area contributed by atoms with Gasteiger partial charge in [-0.25, -0.2) is 4.79 Å². The third-order valence-electron chi connectivity index (χ3n) is 3.62. The summed E-state index contributed by atoms with van der Waals surface area (Å²) in [4.78, 5) is 30.7. The molecule has 0 unspecified atom stereocenters. The number of nitrogens with one attached hydrogen (secondary N) is 1. The maximum atomic E-state index is 12.3. The molecule has 7 heteroatoms. The number of carbonyl (C=O) groups is 2. The quantitative estimate of drug-likeness (QED) is 0.876. The standard InChI is InChI=1S/C16H17N3O3S/c20-15(18-7-5-12-3-1-6-17-9-12)14-11-22-16(21)19(14)10-13-4-2-8-23-13/h1-4,6,8-9,14H,5,7,10-11H2,(H,18,20)/t14-/m0/s1. The molecule has 23 heavy (non-hydrogen) atoms. The number of ether oxygens (including phenoxy) is 1. The van der Waals surface area contributed by atoms with Crippen LogP contribution in [0, 0.1) is 0 Å². The van der Waals surface area contributed by atoms with Crippen LogP contribution in [0.4, 0.5) is 4.79 Å². The van der Waals surface area contributed by atoms with E-state index in [2.05, 4.69) is 10.3 Å². The summed E-state index contributed by atoms with van der Waals surface area (Å²) in [7, 11) is 0. The van der Waals surface area contributed by atoms with Crippen LogP contribution in [-0.4, -0.2) is 41.1 Å².